The average molecular weight is 423 g/mol. The van der Waals surface area contributed by atoms with Gasteiger partial charge in [0.05, 0.1) is 23.7 Å². The summed E-state index contributed by atoms with van der Waals surface area (Å²) in [7, 11) is -3.79. The van der Waals surface area contributed by atoms with Crippen LogP contribution in [0.1, 0.15) is 25.3 Å². The third-order valence-corrected chi connectivity index (χ3v) is 7.40. The van der Waals surface area contributed by atoms with E-state index in [1.54, 1.807) is 42.9 Å². The third kappa shape index (κ3) is 2.72. The van der Waals surface area contributed by atoms with E-state index in [1.807, 2.05) is 16.6 Å². The first-order chi connectivity index (χ1) is 14.4. The number of hydrogen-bond acceptors (Lipinski definition) is 6. The van der Waals surface area contributed by atoms with Crippen LogP contribution in [-0.4, -0.2) is 45.4 Å². The smallest absolute Gasteiger partial charge is 0.269 e. The molecule has 1 saturated heterocycles. The lowest BCUT2D eigenvalue weighted by Gasteiger charge is -2.26. The van der Waals surface area contributed by atoms with Gasteiger partial charge in [-0.2, -0.15) is 0 Å². The molecule has 1 atom stereocenters. The standard InChI is InChI=1S/C21H21N5O3S/c1-3-15-10-16(27)12-24(15)25-13-23-19-11-22-21-18(20(19)25)8-9-26(21)30(28,29)17-6-4-14(2)5-7-17/h4-9,11,13,15H,3,10,12H2,1-2H3/t15-/m1/s1. The van der Waals surface area contributed by atoms with E-state index in [0.29, 0.717) is 29.5 Å². The van der Waals surface area contributed by atoms with Crippen LogP contribution in [0.25, 0.3) is 22.1 Å². The molecule has 0 saturated carbocycles. The number of nitrogens with zero attached hydrogens (tertiary/aromatic N) is 5. The van der Waals surface area contributed by atoms with E-state index in [0.717, 1.165) is 17.5 Å². The Labute approximate surface area is 173 Å². The summed E-state index contributed by atoms with van der Waals surface area (Å²) in [5.74, 6) is 0.188. The van der Waals surface area contributed by atoms with Gasteiger partial charge in [-0.3, -0.25) is 4.79 Å². The van der Waals surface area contributed by atoms with Gasteiger partial charge < -0.3 is 5.01 Å². The zero-order valence-electron chi connectivity index (χ0n) is 16.7. The zero-order chi connectivity index (χ0) is 21.0. The normalized spacial score (nSPS) is 17.5. The second-order valence-electron chi connectivity index (χ2n) is 7.65. The molecule has 4 aromatic rings. The van der Waals surface area contributed by atoms with Crippen LogP contribution in [0, 0.1) is 6.92 Å². The van der Waals surface area contributed by atoms with E-state index in [-0.39, 0.29) is 16.7 Å². The van der Waals surface area contributed by atoms with Crippen LogP contribution in [0.2, 0.25) is 0 Å². The number of benzene rings is 1. The molecule has 154 valence electrons. The van der Waals surface area contributed by atoms with Gasteiger partial charge >= 0.3 is 0 Å². The highest BCUT2D eigenvalue weighted by atomic mass is 32.2. The molecule has 9 heteroatoms. The van der Waals surface area contributed by atoms with Crippen molar-refractivity contribution in [2.45, 2.75) is 37.6 Å². The Balaban J connectivity index is 1.70. The number of fused-ring (bicyclic) bond motifs is 3. The molecular formula is C21H21N5O3S. The summed E-state index contributed by atoms with van der Waals surface area (Å²) >= 11 is 0. The predicted octanol–water partition coefficient (Wildman–Crippen LogP) is 2.62. The van der Waals surface area contributed by atoms with Gasteiger partial charge in [-0.1, -0.05) is 24.6 Å². The van der Waals surface area contributed by atoms with Gasteiger partial charge in [0.25, 0.3) is 10.0 Å². The number of aryl methyl sites for hydroxylation is 1. The number of hydrogen-bond donors (Lipinski definition) is 0. The minimum absolute atomic E-state index is 0.0940. The van der Waals surface area contributed by atoms with Gasteiger partial charge in [-0.25, -0.2) is 27.0 Å². The second kappa shape index (κ2) is 6.66. The lowest BCUT2D eigenvalue weighted by atomic mass is 10.2. The van der Waals surface area contributed by atoms with Gasteiger partial charge in [-0.15, -0.1) is 0 Å². The summed E-state index contributed by atoms with van der Waals surface area (Å²) in [5.41, 5.74) is 2.73. The Bertz CT molecular complexity index is 1390. The number of Topliss-reactive ketones (excluding diaryl/α,β-unsaturated/α-hetero) is 1. The van der Waals surface area contributed by atoms with Crippen LogP contribution in [-0.2, 0) is 14.8 Å². The molecule has 1 fully saturated rings. The van der Waals surface area contributed by atoms with Crippen LogP contribution < -0.4 is 5.01 Å². The minimum atomic E-state index is -3.79. The number of pyridine rings is 1. The SMILES string of the molecule is CC[C@@H]1CC(=O)CN1n1cnc2cnc3c(ccn3S(=O)(=O)c3ccc(C)cc3)c21. The molecule has 0 unspecified atom stereocenters. The van der Waals surface area contributed by atoms with E-state index < -0.39 is 10.0 Å². The molecule has 0 radical (unpaired) electrons. The third-order valence-electron chi connectivity index (χ3n) is 5.72. The van der Waals surface area contributed by atoms with Crippen LogP contribution in [0.15, 0.2) is 53.9 Å². The summed E-state index contributed by atoms with van der Waals surface area (Å²) in [6.45, 7) is 4.28. The Kier molecular flexibility index (Phi) is 4.18. The summed E-state index contributed by atoms with van der Waals surface area (Å²) in [6, 6.07) is 8.58. The van der Waals surface area contributed by atoms with Crippen molar-refractivity contribution in [3.63, 3.8) is 0 Å². The molecule has 30 heavy (non-hydrogen) atoms. The van der Waals surface area contributed by atoms with Crippen LogP contribution in [0.4, 0.5) is 0 Å². The van der Waals surface area contributed by atoms with Gasteiger partial charge in [0.15, 0.2) is 11.4 Å². The van der Waals surface area contributed by atoms with Crippen LogP contribution >= 0.6 is 0 Å². The Morgan fingerprint density at radius 2 is 1.90 bits per heavy atom. The van der Waals surface area contributed by atoms with Crippen molar-refractivity contribution in [2.24, 2.45) is 0 Å². The molecule has 1 aliphatic rings. The fraction of sp³-hybridized carbons (Fsp3) is 0.286. The fourth-order valence-corrected chi connectivity index (χ4v) is 5.41. The van der Waals surface area contributed by atoms with Gasteiger partial charge in [0.1, 0.15) is 17.4 Å². The van der Waals surface area contributed by atoms with Crippen molar-refractivity contribution in [1.29, 1.82) is 0 Å². The number of aromatic nitrogens is 4. The highest BCUT2D eigenvalue weighted by Crippen LogP contribution is 2.29. The van der Waals surface area contributed by atoms with Gasteiger partial charge in [0, 0.05) is 18.0 Å². The number of carbonyl (C=O) groups excluding carboxylic acids is 1. The monoisotopic (exact) mass is 423 g/mol. The van der Waals surface area contributed by atoms with E-state index in [1.165, 1.54) is 10.2 Å². The lowest BCUT2D eigenvalue weighted by Crippen LogP contribution is -2.38. The Morgan fingerprint density at radius 3 is 2.63 bits per heavy atom. The Morgan fingerprint density at radius 1 is 1.13 bits per heavy atom. The maximum Gasteiger partial charge on any atom is 0.269 e. The van der Waals surface area contributed by atoms with Gasteiger partial charge in [0.2, 0.25) is 0 Å². The predicted molar refractivity (Wildman–Crippen MR) is 114 cm³/mol. The van der Waals surface area contributed by atoms with E-state index in [2.05, 4.69) is 16.9 Å². The molecular weight excluding hydrogens is 402 g/mol. The fourth-order valence-electron chi connectivity index (χ4n) is 4.11. The van der Waals surface area contributed by atoms with Crippen molar-refractivity contribution in [2.75, 3.05) is 11.6 Å². The molecule has 4 heterocycles. The van der Waals surface area contributed by atoms with Crippen LogP contribution in [0.3, 0.4) is 0 Å². The number of imidazole rings is 1. The minimum Gasteiger partial charge on any atom is -0.300 e. The van der Waals surface area contributed by atoms with Gasteiger partial charge in [-0.05, 0) is 31.5 Å². The van der Waals surface area contributed by atoms with Crippen molar-refractivity contribution in [3.8, 4) is 0 Å². The van der Waals surface area contributed by atoms with E-state index in [9.17, 15) is 13.2 Å². The molecule has 0 amide bonds. The molecule has 1 aromatic carbocycles. The molecule has 0 bridgehead atoms. The first-order valence-corrected chi connectivity index (χ1v) is 11.3. The van der Waals surface area contributed by atoms with Crippen molar-refractivity contribution in [1.82, 2.24) is 18.6 Å². The molecule has 0 spiro atoms. The van der Waals surface area contributed by atoms with Crippen molar-refractivity contribution >= 4 is 37.9 Å². The summed E-state index contributed by atoms with van der Waals surface area (Å²) < 4.78 is 29.5. The zero-order valence-corrected chi connectivity index (χ0v) is 17.5. The maximum atomic E-state index is 13.2. The molecule has 8 nitrogen and oxygen atoms in total. The molecule has 0 N–H and O–H groups in total. The number of rotatable bonds is 4. The highest BCUT2D eigenvalue weighted by molar-refractivity contribution is 7.90. The highest BCUT2D eigenvalue weighted by Gasteiger charge is 2.31. The number of carbonyl (C=O) groups is 1. The topological polar surface area (TPSA) is 90.1 Å². The summed E-state index contributed by atoms with van der Waals surface area (Å²) in [5, 5.41) is 2.68. The molecule has 1 aliphatic heterocycles. The molecule has 5 rings (SSSR count). The Hall–Kier alpha value is -3.20. The van der Waals surface area contributed by atoms with Crippen LogP contribution in [0.5, 0.6) is 0 Å². The van der Waals surface area contributed by atoms with Crippen molar-refractivity contribution in [3.05, 3.63) is 54.6 Å². The van der Waals surface area contributed by atoms with E-state index >= 15 is 0 Å². The quantitative estimate of drug-likeness (QED) is 0.501. The van der Waals surface area contributed by atoms with E-state index in [4.69, 9.17) is 0 Å². The first-order valence-electron chi connectivity index (χ1n) is 9.84. The molecule has 0 aliphatic carbocycles. The average Bonchev–Trinajstić information content (AvgIpc) is 3.43. The second-order valence-corrected chi connectivity index (χ2v) is 9.47. The largest absolute Gasteiger partial charge is 0.300 e. The van der Waals surface area contributed by atoms with Crippen molar-refractivity contribution < 1.29 is 13.2 Å². The maximum absolute atomic E-state index is 13.2. The summed E-state index contributed by atoms with van der Waals surface area (Å²) in [4.78, 5) is 21.1. The molecule has 3 aromatic heterocycles. The summed E-state index contributed by atoms with van der Waals surface area (Å²) in [6.07, 6.45) is 6.12. The lowest BCUT2D eigenvalue weighted by molar-refractivity contribution is -0.116. The number of ketones is 1. The first kappa shape index (κ1) is 18.8.